The smallest absolute Gasteiger partial charge is 0.341 e. The lowest BCUT2D eigenvalue weighted by Gasteiger charge is -2.04. The Morgan fingerprint density at radius 2 is 1.88 bits per heavy atom. The number of rotatable bonds is 4. The molecule has 25 heavy (non-hydrogen) atoms. The number of carbonyl (C=O) groups excluding carboxylic acids is 1. The van der Waals surface area contributed by atoms with Crippen molar-refractivity contribution in [2.45, 2.75) is 6.61 Å². The standard InChI is InChI=1S/C16H8Cl4N2O3/c17-8-1-2-11(13(19)4-8)14-5-10(25-22-14)7-24-16(23)12-3-9(18)6-21-15(12)20/h1-6H,7H2. The zero-order valence-corrected chi connectivity index (χ0v) is 15.3. The first kappa shape index (κ1) is 18.0. The van der Waals surface area contributed by atoms with Gasteiger partial charge < -0.3 is 9.26 Å². The lowest BCUT2D eigenvalue weighted by atomic mass is 10.1. The average Bonchev–Trinajstić information content (AvgIpc) is 3.03. The molecule has 0 saturated carbocycles. The van der Waals surface area contributed by atoms with E-state index < -0.39 is 5.97 Å². The van der Waals surface area contributed by atoms with Crippen molar-refractivity contribution in [1.82, 2.24) is 10.1 Å². The van der Waals surface area contributed by atoms with Crippen LogP contribution in [0.5, 0.6) is 0 Å². The molecule has 0 fully saturated rings. The second kappa shape index (κ2) is 7.62. The van der Waals surface area contributed by atoms with Gasteiger partial charge in [-0.2, -0.15) is 0 Å². The SMILES string of the molecule is O=C(OCc1cc(-c2ccc(Cl)cc2Cl)no1)c1cc(Cl)cnc1Cl. The topological polar surface area (TPSA) is 65.2 Å². The summed E-state index contributed by atoms with van der Waals surface area (Å²) in [5, 5.41) is 5.12. The lowest BCUT2D eigenvalue weighted by Crippen LogP contribution is -2.06. The monoisotopic (exact) mass is 416 g/mol. The molecule has 0 atom stereocenters. The molecule has 0 aliphatic carbocycles. The summed E-state index contributed by atoms with van der Waals surface area (Å²) >= 11 is 23.6. The summed E-state index contributed by atoms with van der Waals surface area (Å²) in [5.74, 6) is -0.344. The summed E-state index contributed by atoms with van der Waals surface area (Å²) < 4.78 is 10.3. The predicted molar refractivity (Wildman–Crippen MR) is 95.3 cm³/mol. The van der Waals surface area contributed by atoms with E-state index in [2.05, 4.69) is 10.1 Å². The molecule has 0 saturated heterocycles. The summed E-state index contributed by atoms with van der Waals surface area (Å²) in [6.45, 7) is -0.139. The molecule has 1 aromatic carbocycles. The van der Waals surface area contributed by atoms with Crippen molar-refractivity contribution in [1.29, 1.82) is 0 Å². The lowest BCUT2D eigenvalue weighted by molar-refractivity contribution is 0.0437. The molecule has 5 nitrogen and oxygen atoms in total. The molecule has 128 valence electrons. The summed E-state index contributed by atoms with van der Waals surface area (Å²) in [6.07, 6.45) is 1.33. The van der Waals surface area contributed by atoms with Crippen molar-refractivity contribution in [3.8, 4) is 11.3 Å². The van der Waals surface area contributed by atoms with Crippen molar-refractivity contribution < 1.29 is 14.1 Å². The minimum absolute atomic E-state index is 0.000560. The largest absolute Gasteiger partial charge is 0.454 e. The molecule has 0 N–H and O–H groups in total. The molecular formula is C16H8Cl4N2O3. The molecule has 0 aliphatic rings. The third-order valence-corrected chi connectivity index (χ3v) is 4.19. The highest BCUT2D eigenvalue weighted by Gasteiger charge is 2.16. The Bertz CT molecular complexity index is 943. The van der Waals surface area contributed by atoms with Gasteiger partial charge in [-0.25, -0.2) is 9.78 Å². The van der Waals surface area contributed by atoms with Crippen LogP contribution in [0.1, 0.15) is 16.1 Å². The first-order valence-electron chi connectivity index (χ1n) is 6.83. The number of nitrogens with zero attached hydrogens (tertiary/aromatic N) is 2. The van der Waals surface area contributed by atoms with Crippen LogP contribution < -0.4 is 0 Å². The fraction of sp³-hybridized carbons (Fsp3) is 0.0625. The van der Waals surface area contributed by atoms with Crippen molar-refractivity contribution in [3.63, 3.8) is 0 Å². The van der Waals surface area contributed by atoms with E-state index in [9.17, 15) is 4.79 Å². The van der Waals surface area contributed by atoms with Crippen LogP contribution in [0.25, 0.3) is 11.3 Å². The minimum atomic E-state index is -0.678. The Hall–Kier alpha value is -1.79. The van der Waals surface area contributed by atoms with E-state index in [1.807, 2.05) is 0 Å². The van der Waals surface area contributed by atoms with Gasteiger partial charge in [0.05, 0.1) is 15.6 Å². The summed E-state index contributed by atoms with van der Waals surface area (Å²) in [7, 11) is 0. The molecule has 0 aliphatic heterocycles. The van der Waals surface area contributed by atoms with Crippen molar-refractivity contribution in [2.75, 3.05) is 0 Å². The second-order valence-corrected chi connectivity index (χ2v) is 6.51. The number of hydrogen-bond acceptors (Lipinski definition) is 5. The molecule has 3 aromatic rings. The average molecular weight is 418 g/mol. The number of carbonyl (C=O) groups is 1. The van der Waals surface area contributed by atoms with Gasteiger partial charge in [0.1, 0.15) is 10.8 Å². The van der Waals surface area contributed by atoms with Crippen LogP contribution in [0.3, 0.4) is 0 Å². The van der Waals surface area contributed by atoms with Gasteiger partial charge in [-0.1, -0.05) is 51.6 Å². The van der Waals surface area contributed by atoms with Crippen molar-refractivity contribution in [3.05, 3.63) is 68.1 Å². The molecule has 2 aromatic heterocycles. The first-order valence-corrected chi connectivity index (χ1v) is 8.34. The number of pyridine rings is 1. The molecule has 0 amide bonds. The molecule has 2 heterocycles. The van der Waals surface area contributed by atoms with Crippen LogP contribution in [0, 0.1) is 0 Å². The second-order valence-electron chi connectivity index (χ2n) is 4.87. The Balaban J connectivity index is 1.71. The van der Waals surface area contributed by atoms with Gasteiger partial charge in [0.25, 0.3) is 0 Å². The molecular weight excluding hydrogens is 410 g/mol. The fourth-order valence-electron chi connectivity index (χ4n) is 1.99. The summed E-state index contributed by atoms with van der Waals surface area (Å²) in [4.78, 5) is 15.8. The quantitative estimate of drug-likeness (QED) is 0.402. The van der Waals surface area contributed by atoms with Gasteiger partial charge in [0, 0.05) is 22.8 Å². The van der Waals surface area contributed by atoms with Gasteiger partial charge in [0.2, 0.25) is 0 Å². The molecule has 0 radical (unpaired) electrons. The third-order valence-electron chi connectivity index (χ3n) is 3.14. The van der Waals surface area contributed by atoms with E-state index in [1.54, 1.807) is 24.3 Å². The van der Waals surface area contributed by atoms with Crippen LogP contribution in [0.4, 0.5) is 0 Å². The number of halogens is 4. The van der Waals surface area contributed by atoms with Crippen LogP contribution in [-0.2, 0) is 11.3 Å². The van der Waals surface area contributed by atoms with Gasteiger partial charge in [-0.05, 0) is 24.3 Å². The summed E-state index contributed by atoms with van der Waals surface area (Å²) in [6, 6.07) is 7.99. The molecule has 0 unspecified atom stereocenters. The maximum absolute atomic E-state index is 12.1. The van der Waals surface area contributed by atoms with Crippen LogP contribution >= 0.6 is 46.4 Å². The van der Waals surface area contributed by atoms with E-state index in [1.165, 1.54) is 12.3 Å². The Kier molecular flexibility index (Phi) is 5.49. The fourth-order valence-corrected chi connectivity index (χ4v) is 2.83. The zero-order chi connectivity index (χ0) is 18.0. The highest BCUT2D eigenvalue weighted by molar-refractivity contribution is 6.36. The molecule has 9 heteroatoms. The van der Waals surface area contributed by atoms with Gasteiger partial charge in [0.15, 0.2) is 12.4 Å². The predicted octanol–water partition coefficient (Wildman–Crippen LogP) is 5.71. The van der Waals surface area contributed by atoms with Crippen LogP contribution in [0.2, 0.25) is 20.2 Å². The molecule has 3 rings (SSSR count). The number of esters is 1. The first-order chi connectivity index (χ1) is 11.9. The normalized spacial score (nSPS) is 10.7. The maximum atomic E-state index is 12.1. The Morgan fingerprint density at radius 3 is 2.64 bits per heavy atom. The third kappa shape index (κ3) is 4.25. The van der Waals surface area contributed by atoms with Gasteiger partial charge in [-0.3, -0.25) is 0 Å². The minimum Gasteiger partial charge on any atom is -0.454 e. The van der Waals surface area contributed by atoms with E-state index in [-0.39, 0.29) is 22.3 Å². The van der Waals surface area contributed by atoms with E-state index in [0.29, 0.717) is 27.1 Å². The molecule has 0 spiro atoms. The van der Waals surface area contributed by atoms with Gasteiger partial charge >= 0.3 is 5.97 Å². The van der Waals surface area contributed by atoms with Crippen molar-refractivity contribution >= 4 is 52.4 Å². The van der Waals surface area contributed by atoms with E-state index in [4.69, 9.17) is 55.7 Å². The zero-order valence-electron chi connectivity index (χ0n) is 12.3. The number of benzene rings is 1. The van der Waals surface area contributed by atoms with Crippen molar-refractivity contribution in [2.24, 2.45) is 0 Å². The number of aromatic nitrogens is 2. The maximum Gasteiger partial charge on any atom is 0.341 e. The van der Waals surface area contributed by atoms with Gasteiger partial charge in [-0.15, -0.1) is 0 Å². The summed E-state index contributed by atoms with van der Waals surface area (Å²) in [5.41, 5.74) is 1.21. The number of hydrogen-bond donors (Lipinski definition) is 0. The Labute approximate surface area is 162 Å². The van der Waals surface area contributed by atoms with E-state index in [0.717, 1.165) is 0 Å². The highest BCUT2D eigenvalue weighted by Crippen LogP contribution is 2.30. The van der Waals surface area contributed by atoms with Crippen LogP contribution in [-0.4, -0.2) is 16.1 Å². The highest BCUT2D eigenvalue weighted by atomic mass is 35.5. The van der Waals surface area contributed by atoms with E-state index >= 15 is 0 Å². The van der Waals surface area contributed by atoms with Crippen LogP contribution in [0.15, 0.2) is 41.1 Å². The number of ether oxygens (including phenoxy) is 1. The molecule has 0 bridgehead atoms. The Morgan fingerprint density at radius 1 is 1.08 bits per heavy atom.